The summed E-state index contributed by atoms with van der Waals surface area (Å²) in [6, 6.07) is 27.1. The molecule has 0 saturated heterocycles. The van der Waals surface area contributed by atoms with Crippen molar-refractivity contribution in [2.24, 2.45) is 0 Å². The van der Waals surface area contributed by atoms with E-state index in [0.717, 1.165) is 27.8 Å². The smallest absolute Gasteiger partial charge is 0.411 e. The minimum Gasteiger partial charge on any atom is -0.480 e. The topological polar surface area (TPSA) is 127 Å². The molecular weight excluding hydrogens is 522 g/mol. The number of aromatic nitrogens is 1. The fourth-order valence-electron chi connectivity index (χ4n) is 4.85. The second-order valence-electron chi connectivity index (χ2n) is 9.67. The number of benzene rings is 3. The lowest BCUT2D eigenvalue weighted by atomic mass is 9.98. The Kier molecular flexibility index (Phi) is 8.36. The Hall–Kier alpha value is -5.02. The van der Waals surface area contributed by atoms with Crippen LogP contribution in [0.15, 0.2) is 97.2 Å². The van der Waals surface area contributed by atoms with Gasteiger partial charge in [0.05, 0.1) is 24.6 Å². The summed E-state index contributed by atoms with van der Waals surface area (Å²) in [7, 11) is 0. The van der Waals surface area contributed by atoms with Gasteiger partial charge < -0.3 is 19.9 Å². The second-order valence-corrected chi connectivity index (χ2v) is 9.67. The SMILES string of the molecule is CC(OCc1ccccc1)C(NC(=O)c1ccc(NC(=O)OCC2c3ccccc3-c3ccccc32)cn1)C(=O)O. The first-order valence-corrected chi connectivity index (χ1v) is 13.2. The van der Waals surface area contributed by atoms with Gasteiger partial charge in [-0.1, -0.05) is 78.9 Å². The minimum absolute atomic E-state index is 0.00963. The van der Waals surface area contributed by atoms with Crippen molar-refractivity contribution in [1.82, 2.24) is 10.3 Å². The molecule has 2 amide bonds. The van der Waals surface area contributed by atoms with Crippen LogP contribution in [0.25, 0.3) is 11.1 Å². The Morgan fingerprint density at radius 2 is 1.51 bits per heavy atom. The lowest BCUT2D eigenvalue weighted by molar-refractivity contribution is -0.143. The number of carboxylic acids is 1. The molecule has 0 bridgehead atoms. The summed E-state index contributed by atoms with van der Waals surface area (Å²) in [4.78, 5) is 41.2. The van der Waals surface area contributed by atoms with E-state index in [4.69, 9.17) is 9.47 Å². The van der Waals surface area contributed by atoms with Gasteiger partial charge in [-0.05, 0) is 46.9 Å². The molecule has 1 aromatic heterocycles. The molecule has 3 aromatic carbocycles. The first-order chi connectivity index (χ1) is 19.9. The number of carbonyl (C=O) groups excluding carboxylic acids is 2. The monoisotopic (exact) mass is 551 g/mol. The highest BCUT2D eigenvalue weighted by Gasteiger charge is 2.30. The van der Waals surface area contributed by atoms with Crippen molar-refractivity contribution in [1.29, 1.82) is 0 Å². The van der Waals surface area contributed by atoms with Gasteiger partial charge in [0.2, 0.25) is 0 Å². The van der Waals surface area contributed by atoms with Gasteiger partial charge in [0.25, 0.3) is 5.91 Å². The van der Waals surface area contributed by atoms with Gasteiger partial charge >= 0.3 is 12.1 Å². The lowest BCUT2D eigenvalue weighted by Crippen LogP contribution is -2.48. The van der Waals surface area contributed by atoms with Crippen LogP contribution in [-0.2, 0) is 20.9 Å². The van der Waals surface area contributed by atoms with E-state index in [1.165, 1.54) is 18.3 Å². The summed E-state index contributed by atoms with van der Waals surface area (Å²) in [5.41, 5.74) is 5.69. The Morgan fingerprint density at radius 1 is 0.878 bits per heavy atom. The number of fused-ring (bicyclic) bond motifs is 3. The molecule has 208 valence electrons. The zero-order chi connectivity index (χ0) is 28.8. The van der Waals surface area contributed by atoms with Gasteiger partial charge in [0.15, 0.2) is 6.04 Å². The maximum absolute atomic E-state index is 12.7. The van der Waals surface area contributed by atoms with Crippen LogP contribution in [0.1, 0.15) is 40.0 Å². The van der Waals surface area contributed by atoms with Crippen molar-refractivity contribution < 1.29 is 29.0 Å². The van der Waals surface area contributed by atoms with Crippen molar-refractivity contribution in [3.8, 4) is 11.1 Å². The molecule has 2 atom stereocenters. The third-order valence-corrected chi connectivity index (χ3v) is 6.96. The van der Waals surface area contributed by atoms with Gasteiger partial charge in [-0.2, -0.15) is 0 Å². The molecule has 0 spiro atoms. The summed E-state index contributed by atoms with van der Waals surface area (Å²) in [5, 5.41) is 14.7. The van der Waals surface area contributed by atoms with Crippen LogP contribution in [0, 0.1) is 0 Å². The zero-order valence-corrected chi connectivity index (χ0v) is 22.3. The fraction of sp³-hybridized carbons (Fsp3) is 0.188. The predicted molar refractivity (Wildman–Crippen MR) is 153 cm³/mol. The molecule has 5 rings (SSSR count). The summed E-state index contributed by atoms with van der Waals surface area (Å²) < 4.78 is 11.2. The van der Waals surface area contributed by atoms with Crippen LogP contribution in [0.3, 0.4) is 0 Å². The minimum atomic E-state index is -1.29. The molecule has 41 heavy (non-hydrogen) atoms. The normalized spacial score (nSPS) is 13.4. The highest BCUT2D eigenvalue weighted by atomic mass is 16.5. The molecule has 0 saturated carbocycles. The molecule has 4 aromatic rings. The predicted octanol–water partition coefficient (Wildman–Crippen LogP) is 5.23. The van der Waals surface area contributed by atoms with E-state index in [0.29, 0.717) is 5.69 Å². The van der Waals surface area contributed by atoms with E-state index >= 15 is 0 Å². The van der Waals surface area contributed by atoms with E-state index in [2.05, 4.69) is 27.8 Å². The molecule has 0 fully saturated rings. The summed E-state index contributed by atoms with van der Waals surface area (Å²) >= 11 is 0. The average molecular weight is 552 g/mol. The first-order valence-electron chi connectivity index (χ1n) is 13.2. The van der Waals surface area contributed by atoms with Crippen LogP contribution in [-0.4, -0.2) is 46.8 Å². The molecule has 1 heterocycles. The number of amides is 2. The van der Waals surface area contributed by atoms with Crippen LogP contribution < -0.4 is 10.6 Å². The van der Waals surface area contributed by atoms with E-state index in [9.17, 15) is 19.5 Å². The van der Waals surface area contributed by atoms with Gasteiger partial charge in [-0.3, -0.25) is 10.1 Å². The van der Waals surface area contributed by atoms with E-state index < -0.39 is 30.1 Å². The maximum Gasteiger partial charge on any atom is 0.411 e. The van der Waals surface area contributed by atoms with Gasteiger partial charge in [-0.25, -0.2) is 14.6 Å². The second kappa shape index (κ2) is 12.4. The van der Waals surface area contributed by atoms with Crippen molar-refractivity contribution in [3.05, 3.63) is 120 Å². The van der Waals surface area contributed by atoms with E-state index in [1.54, 1.807) is 6.92 Å². The number of carbonyl (C=O) groups is 3. The number of nitrogens with one attached hydrogen (secondary N) is 2. The molecule has 1 aliphatic carbocycles. The van der Waals surface area contributed by atoms with Crippen molar-refractivity contribution >= 4 is 23.7 Å². The number of aliphatic carboxylic acids is 1. The number of pyridine rings is 1. The molecule has 3 N–H and O–H groups in total. The van der Waals surface area contributed by atoms with Gasteiger partial charge in [0, 0.05) is 5.92 Å². The molecule has 0 radical (unpaired) electrons. The fourth-order valence-corrected chi connectivity index (χ4v) is 4.85. The van der Waals surface area contributed by atoms with Crippen LogP contribution in [0.4, 0.5) is 10.5 Å². The average Bonchev–Trinajstić information content (AvgIpc) is 3.32. The van der Waals surface area contributed by atoms with Crippen molar-refractivity contribution in [3.63, 3.8) is 0 Å². The van der Waals surface area contributed by atoms with Crippen molar-refractivity contribution in [2.75, 3.05) is 11.9 Å². The van der Waals surface area contributed by atoms with Crippen LogP contribution in [0.2, 0.25) is 0 Å². The number of ether oxygens (including phenoxy) is 2. The van der Waals surface area contributed by atoms with E-state index in [1.807, 2.05) is 66.7 Å². The number of nitrogens with zero attached hydrogens (tertiary/aromatic N) is 1. The molecule has 1 aliphatic rings. The van der Waals surface area contributed by atoms with Crippen LogP contribution in [0.5, 0.6) is 0 Å². The molecule has 9 heteroatoms. The third kappa shape index (κ3) is 6.42. The Labute approximate surface area is 237 Å². The Morgan fingerprint density at radius 3 is 2.12 bits per heavy atom. The Balaban J connectivity index is 1.15. The summed E-state index contributed by atoms with van der Waals surface area (Å²) in [6.45, 7) is 1.95. The standard InChI is InChI=1S/C32H29N3O6/c1-20(40-18-21-9-3-2-4-10-21)29(31(37)38)35-30(36)28-16-15-22(17-33-28)34-32(39)41-19-27-25-13-7-5-11-23(25)24-12-6-8-14-26(24)27/h2-17,20,27,29H,18-19H2,1H3,(H,34,39)(H,35,36)(H,37,38). The first kappa shape index (κ1) is 27.5. The molecule has 0 aliphatic heterocycles. The number of hydrogen-bond acceptors (Lipinski definition) is 6. The highest BCUT2D eigenvalue weighted by Crippen LogP contribution is 2.44. The largest absolute Gasteiger partial charge is 0.480 e. The molecular formula is C32H29N3O6. The number of hydrogen-bond donors (Lipinski definition) is 3. The molecule has 2 unspecified atom stereocenters. The van der Waals surface area contributed by atoms with Crippen molar-refractivity contribution in [2.45, 2.75) is 31.6 Å². The van der Waals surface area contributed by atoms with E-state index in [-0.39, 0.29) is 24.8 Å². The highest BCUT2D eigenvalue weighted by molar-refractivity contribution is 5.95. The summed E-state index contributed by atoms with van der Waals surface area (Å²) in [6.07, 6.45) is -0.145. The summed E-state index contributed by atoms with van der Waals surface area (Å²) in [5.74, 6) is -1.98. The Bertz CT molecular complexity index is 1500. The quantitative estimate of drug-likeness (QED) is 0.246. The molecule has 9 nitrogen and oxygen atoms in total. The number of anilines is 1. The van der Waals surface area contributed by atoms with Gasteiger partial charge in [-0.15, -0.1) is 0 Å². The zero-order valence-electron chi connectivity index (χ0n) is 22.3. The number of carboxylic acid groups (broad SMARTS) is 1. The third-order valence-electron chi connectivity index (χ3n) is 6.96. The van der Waals surface area contributed by atoms with Crippen LogP contribution >= 0.6 is 0 Å². The maximum atomic E-state index is 12.7. The number of rotatable bonds is 10. The lowest BCUT2D eigenvalue weighted by Gasteiger charge is -2.22. The van der Waals surface area contributed by atoms with Gasteiger partial charge in [0.1, 0.15) is 12.3 Å².